The first-order valence-corrected chi connectivity index (χ1v) is 7.92. The zero-order valence-corrected chi connectivity index (χ0v) is 13.5. The van der Waals surface area contributed by atoms with Gasteiger partial charge in [0.05, 0.1) is 10.9 Å². The van der Waals surface area contributed by atoms with Crippen LogP contribution in [0.25, 0.3) is 10.2 Å². The molecule has 0 aliphatic heterocycles. The molecule has 0 unspecified atom stereocenters. The molecule has 8 heteroatoms. The van der Waals surface area contributed by atoms with Gasteiger partial charge in [0.2, 0.25) is 5.91 Å². The van der Waals surface area contributed by atoms with Gasteiger partial charge < -0.3 is 10.4 Å². The van der Waals surface area contributed by atoms with E-state index in [1.165, 1.54) is 9.95 Å². The number of nitrogens with zero attached hydrogens (tertiary/aromatic N) is 2. The van der Waals surface area contributed by atoms with Crippen LogP contribution in [0.2, 0.25) is 0 Å². The largest absolute Gasteiger partial charge is 0.478 e. The van der Waals surface area contributed by atoms with Gasteiger partial charge in [0, 0.05) is 11.1 Å². The minimum atomic E-state index is -1.19. The molecule has 0 bridgehead atoms. The van der Waals surface area contributed by atoms with Crippen LogP contribution in [0.3, 0.4) is 0 Å². The molecule has 7 nitrogen and oxygen atoms in total. The summed E-state index contributed by atoms with van der Waals surface area (Å²) in [6, 6.07) is 8.86. The van der Waals surface area contributed by atoms with Crippen molar-refractivity contribution < 1.29 is 14.7 Å². The maximum absolute atomic E-state index is 12.6. The van der Waals surface area contributed by atoms with Gasteiger partial charge in [-0.15, -0.1) is 11.3 Å². The summed E-state index contributed by atoms with van der Waals surface area (Å²) in [7, 11) is 0. The smallest absolute Gasteiger partial charge is 0.337 e. The molecule has 0 saturated heterocycles. The number of rotatable bonds is 4. The third-order valence-corrected chi connectivity index (χ3v) is 4.35. The van der Waals surface area contributed by atoms with E-state index in [1.54, 1.807) is 31.2 Å². The van der Waals surface area contributed by atoms with Crippen molar-refractivity contribution in [3.8, 4) is 0 Å². The second kappa shape index (κ2) is 6.25. The highest BCUT2D eigenvalue weighted by Gasteiger charge is 2.19. The van der Waals surface area contributed by atoms with E-state index in [0.717, 1.165) is 11.3 Å². The number of thiophene rings is 1. The number of aromatic carboxylic acids is 1. The third kappa shape index (κ3) is 2.91. The van der Waals surface area contributed by atoms with Crippen LogP contribution in [-0.2, 0) is 11.3 Å². The summed E-state index contributed by atoms with van der Waals surface area (Å²) in [6.45, 7) is 1.37. The van der Waals surface area contributed by atoms with Crippen molar-refractivity contribution in [3.05, 3.63) is 57.5 Å². The Morgan fingerprint density at radius 3 is 2.67 bits per heavy atom. The van der Waals surface area contributed by atoms with Crippen molar-refractivity contribution in [2.75, 3.05) is 5.32 Å². The highest BCUT2D eigenvalue weighted by atomic mass is 32.1. The molecule has 0 atom stereocenters. The molecular weight excluding hydrogens is 330 g/mol. The van der Waals surface area contributed by atoms with E-state index in [4.69, 9.17) is 0 Å². The Morgan fingerprint density at radius 2 is 2.00 bits per heavy atom. The summed E-state index contributed by atoms with van der Waals surface area (Å²) in [6.07, 6.45) is 0. The predicted octanol–water partition coefficient (Wildman–Crippen LogP) is 2.10. The first-order valence-electron chi connectivity index (χ1n) is 7.04. The van der Waals surface area contributed by atoms with Crippen molar-refractivity contribution in [2.45, 2.75) is 13.5 Å². The number of fused-ring (bicyclic) bond motifs is 1. The Hall–Kier alpha value is -3.00. The number of hydrogen-bond acceptors (Lipinski definition) is 5. The lowest BCUT2D eigenvalue weighted by atomic mass is 10.2. The van der Waals surface area contributed by atoms with Gasteiger partial charge in [-0.3, -0.25) is 14.2 Å². The van der Waals surface area contributed by atoms with Crippen molar-refractivity contribution >= 4 is 39.1 Å². The minimum Gasteiger partial charge on any atom is -0.478 e. The van der Waals surface area contributed by atoms with Crippen LogP contribution in [-0.4, -0.2) is 26.5 Å². The van der Waals surface area contributed by atoms with Gasteiger partial charge in [-0.25, -0.2) is 9.78 Å². The van der Waals surface area contributed by atoms with E-state index in [1.807, 2.05) is 6.07 Å². The maximum Gasteiger partial charge on any atom is 0.337 e. The van der Waals surface area contributed by atoms with Gasteiger partial charge in [-0.1, -0.05) is 18.2 Å². The highest BCUT2D eigenvalue weighted by molar-refractivity contribution is 7.17. The monoisotopic (exact) mass is 343 g/mol. The fourth-order valence-corrected chi connectivity index (χ4v) is 3.28. The quantitative estimate of drug-likeness (QED) is 0.755. The first kappa shape index (κ1) is 15.9. The second-order valence-corrected chi connectivity index (χ2v) is 5.96. The molecule has 24 heavy (non-hydrogen) atoms. The average molecular weight is 343 g/mol. The number of carbonyl (C=O) groups is 2. The average Bonchev–Trinajstić information content (AvgIpc) is 2.96. The fourth-order valence-electron chi connectivity index (χ4n) is 2.34. The third-order valence-electron chi connectivity index (χ3n) is 3.47. The SMILES string of the molecule is Cc1nc2scc(C(=O)O)c2c(=O)n1CC(=O)Nc1ccccc1. The normalized spacial score (nSPS) is 10.7. The molecular formula is C16H13N3O4S. The summed E-state index contributed by atoms with van der Waals surface area (Å²) >= 11 is 1.09. The van der Waals surface area contributed by atoms with Crippen molar-refractivity contribution in [3.63, 3.8) is 0 Å². The number of para-hydroxylation sites is 1. The van der Waals surface area contributed by atoms with Crippen LogP contribution in [0.15, 0.2) is 40.5 Å². The van der Waals surface area contributed by atoms with Gasteiger partial charge in [0.25, 0.3) is 5.56 Å². The summed E-state index contributed by atoms with van der Waals surface area (Å²) in [5, 5.41) is 13.3. The molecule has 2 N–H and O–H groups in total. The number of aryl methyl sites for hydroxylation is 1. The first-order chi connectivity index (χ1) is 11.5. The lowest BCUT2D eigenvalue weighted by Gasteiger charge is -2.10. The van der Waals surface area contributed by atoms with Gasteiger partial charge >= 0.3 is 5.97 Å². The lowest BCUT2D eigenvalue weighted by molar-refractivity contribution is -0.116. The van der Waals surface area contributed by atoms with E-state index in [0.29, 0.717) is 16.3 Å². The number of hydrogen-bond donors (Lipinski definition) is 2. The van der Waals surface area contributed by atoms with Crippen LogP contribution >= 0.6 is 11.3 Å². The second-order valence-electron chi connectivity index (χ2n) is 5.10. The van der Waals surface area contributed by atoms with Crippen LogP contribution in [0.4, 0.5) is 5.69 Å². The van der Waals surface area contributed by atoms with Crippen LogP contribution in [0, 0.1) is 6.92 Å². The van der Waals surface area contributed by atoms with Gasteiger partial charge in [0.1, 0.15) is 17.2 Å². The zero-order valence-electron chi connectivity index (χ0n) is 12.6. The number of anilines is 1. The molecule has 122 valence electrons. The summed E-state index contributed by atoms with van der Waals surface area (Å²) in [5.41, 5.74) is -0.00641. The molecule has 2 aromatic heterocycles. The number of carboxylic acid groups (broad SMARTS) is 1. The minimum absolute atomic E-state index is 0.0330. The number of amides is 1. The van der Waals surface area contributed by atoms with E-state index >= 15 is 0 Å². The fraction of sp³-hybridized carbons (Fsp3) is 0.125. The summed E-state index contributed by atoms with van der Waals surface area (Å²) in [4.78, 5) is 40.6. The van der Waals surface area contributed by atoms with E-state index in [9.17, 15) is 19.5 Å². The summed E-state index contributed by atoms with van der Waals surface area (Å²) < 4.78 is 1.18. The number of carbonyl (C=O) groups excluding carboxylic acids is 1. The highest BCUT2D eigenvalue weighted by Crippen LogP contribution is 2.21. The Labute approximate surface area is 140 Å². The number of aromatic nitrogens is 2. The van der Waals surface area contributed by atoms with Crippen LogP contribution in [0.1, 0.15) is 16.2 Å². The Bertz CT molecular complexity index is 992. The molecule has 1 aromatic carbocycles. The molecule has 0 fully saturated rings. The van der Waals surface area contributed by atoms with E-state index < -0.39 is 11.5 Å². The van der Waals surface area contributed by atoms with Crippen molar-refractivity contribution in [1.82, 2.24) is 9.55 Å². The molecule has 0 radical (unpaired) electrons. The van der Waals surface area contributed by atoms with Crippen molar-refractivity contribution in [1.29, 1.82) is 0 Å². The standard InChI is InChI=1S/C16H13N3O4S/c1-9-17-14-13(11(8-24-14)16(22)23)15(21)19(9)7-12(20)18-10-5-3-2-4-6-10/h2-6,8H,7H2,1H3,(H,18,20)(H,22,23). The van der Waals surface area contributed by atoms with Gasteiger partial charge in [0.15, 0.2) is 0 Å². The predicted molar refractivity (Wildman–Crippen MR) is 90.6 cm³/mol. The lowest BCUT2D eigenvalue weighted by Crippen LogP contribution is -2.30. The zero-order chi connectivity index (χ0) is 17.3. The van der Waals surface area contributed by atoms with Gasteiger partial charge in [-0.2, -0.15) is 0 Å². The number of nitrogens with one attached hydrogen (secondary N) is 1. The maximum atomic E-state index is 12.6. The van der Waals surface area contributed by atoms with Crippen molar-refractivity contribution in [2.24, 2.45) is 0 Å². The molecule has 0 saturated carbocycles. The molecule has 0 aliphatic carbocycles. The Morgan fingerprint density at radius 1 is 1.29 bits per heavy atom. The van der Waals surface area contributed by atoms with Crippen LogP contribution < -0.4 is 10.9 Å². The Kier molecular flexibility index (Phi) is 4.13. The molecule has 0 aliphatic rings. The molecule has 3 rings (SSSR count). The van der Waals surface area contributed by atoms with Gasteiger partial charge in [-0.05, 0) is 19.1 Å². The molecule has 0 spiro atoms. The number of carboxylic acids is 1. The Balaban J connectivity index is 1.97. The van der Waals surface area contributed by atoms with E-state index in [-0.39, 0.29) is 23.4 Å². The van der Waals surface area contributed by atoms with E-state index in [2.05, 4.69) is 10.3 Å². The topological polar surface area (TPSA) is 101 Å². The molecule has 2 heterocycles. The molecule has 1 amide bonds. The summed E-state index contributed by atoms with van der Waals surface area (Å²) in [5.74, 6) is -1.22. The molecule has 3 aromatic rings. The number of benzene rings is 1. The van der Waals surface area contributed by atoms with Crippen LogP contribution in [0.5, 0.6) is 0 Å².